The molecule has 2 aromatic carbocycles. The van der Waals surface area contributed by atoms with Crippen molar-refractivity contribution in [3.05, 3.63) is 65.7 Å². The number of urea groups is 1. The highest BCUT2D eigenvalue weighted by Crippen LogP contribution is 2.22. The van der Waals surface area contributed by atoms with Gasteiger partial charge in [-0.15, -0.1) is 0 Å². The van der Waals surface area contributed by atoms with Crippen LogP contribution in [0.4, 0.5) is 10.5 Å². The minimum atomic E-state index is -0.615. The third-order valence-electron chi connectivity index (χ3n) is 4.06. The second-order valence-corrected chi connectivity index (χ2v) is 5.91. The lowest BCUT2D eigenvalue weighted by molar-refractivity contribution is -0.127. The molecule has 0 aliphatic carbocycles. The average molecular weight is 337 g/mol. The van der Waals surface area contributed by atoms with E-state index >= 15 is 0 Å². The number of nitrogens with one attached hydrogen (secondary N) is 2. The number of anilines is 1. The zero-order valence-corrected chi connectivity index (χ0v) is 13.9. The molecule has 0 aromatic heterocycles. The van der Waals surface area contributed by atoms with Crippen molar-refractivity contribution in [1.29, 1.82) is 0 Å². The van der Waals surface area contributed by atoms with E-state index in [1.165, 1.54) is 11.8 Å². The van der Waals surface area contributed by atoms with Crippen LogP contribution in [-0.2, 0) is 16.0 Å². The Bertz CT molecular complexity index is 787. The first-order chi connectivity index (χ1) is 12.0. The second-order valence-electron chi connectivity index (χ2n) is 5.91. The van der Waals surface area contributed by atoms with Crippen molar-refractivity contribution in [2.45, 2.75) is 19.4 Å². The van der Waals surface area contributed by atoms with Crippen LogP contribution in [-0.4, -0.2) is 29.3 Å². The zero-order chi connectivity index (χ0) is 17.8. The monoisotopic (exact) mass is 337 g/mol. The molecular weight excluding hydrogens is 318 g/mol. The molecule has 1 saturated heterocycles. The summed E-state index contributed by atoms with van der Waals surface area (Å²) in [5.41, 5.74) is 2.48. The van der Waals surface area contributed by atoms with Gasteiger partial charge in [-0.05, 0) is 29.7 Å². The number of imide groups is 1. The molecule has 2 N–H and O–H groups in total. The summed E-state index contributed by atoms with van der Waals surface area (Å²) in [6.07, 6.45) is 0.557. The number of hydrogen-bond donors (Lipinski definition) is 2. The molecule has 128 valence electrons. The van der Waals surface area contributed by atoms with Gasteiger partial charge in [-0.1, -0.05) is 42.5 Å². The third-order valence-corrected chi connectivity index (χ3v) is 4.06. The molecule has 6 heteroatoms. The Hall–Kier alpha value is -3.15. The molecule has 1 aliphatic rings. The van der Waals surface area contributed by atoms with Gasteiger partial charge in [0.05, 0.1) is 0 Å². The Kier molecular flexibility index (Phi) is 4.79. The molecular formula is C19H19N3O3. The number of amides is 4. The summed E-state index contributed by atoms with van der Waals surface area (Å²) >= 11 is 0. The fourth-order valence-electron chi connectivity index (χ4n) is 2.80. The van der Waals surface area contributed by atoms with Gasteiger partial charge in [-0.25, -0.2) is 4.79 Å². The van der Waals surface area contributed by atoms with Crippen LogP contribution in [0.15, 0.2) is 54.6 Å². The number of rotatable bonds is 5. The molecule has 0 saturated carbocycles. The highest BCUT2D eigenvalue weighted by atomic mass is 16.2. The van der Waals surface area contributed by atoms with E-state index in [0.717, 1.165) is 16.8 Å². The van der Waals surface area contributed by atoms with Crippen LogP contribution in [0.3, 0.4) is 0 Å². The fraction of sp³-hybridized carbons (Fsp3) is 0.211. The lowest BCUT2D eigenvalue weighted by Gasteiger charge is -2.13. The molecule has 1 heterocycles. The molecule has 2 aromatic rings. The Morgan fingerprint density at radius 1 is 1.08 bits per heavy atom. The Morgan fingerprint density at radius 3 is 2.40 bits per heavy atom. The molecule has 1 atom stereocenters. The highest BCUT2D eigenvalue weighted by molar-refractivity contribution is 6.04. The van der Waals surface area contributed by atoms with E-state index in [2.05, 4.69) is 10.6 Å². The van der Waals surface area contributed by atoms with Crippen molar-refractivity contribution in [3.8, 4) is 0 Å². The molecule has 6 nitrogen and oxygen atoms in total. The van der Waals surface area contributed by atoms with Gasteiger partial charge < -0.3 is 10.6 Å². The molecule has 1 fully saturated rings. The van der Waals surface area contributed by atoms with E-state index in [4.69, 9.17) is 0 Å². The van der Waals surface area contributed by atoms with Gasteiger partial charge in [-0.2, -0.15) is 0 Å². The van der Waals surface area contributed by atoms with E-state index in [-0.39, 0.29) is 17.8 Å². The zero-order valence-electron chi connectivity index (χ0n) is 13.9. The number of carbonyl (C=O) groups is 3. The van der Waals surface area contributed by atoms with Crippen LogP contribution in [0.2, 0.25) is 0 Å². The molecule has 3 rings (SSSR count). The lowest BCUT2D eigenvalue weighted by Crippen LogP contribution is -2.32. The Balaban J connectivity index is 1.62. The van der Waals surface area contributed by atoms with Gasteiger partial charge in [0.25, 0.3) is 5.91 Å². The summed E-state index contributed by atoms with van der Waals surface area (Å²) in [6.45, 7) is 1.77. The van der Waals surface area contributed by atoms with Gasteiger partial charge in [0, 0.05) is 19.2 Å². The first kappa shape index (κ1) is 16.7. The van der Waals surface area contributed by atoms with Crippen molar-refractivity contribution < 1.29 is 14.4 Å². The molecule has 1 aliphatic heterocycles. The predicted octanol–water partition coefficient (Wildman–Crippen LogP) is 2.48. The highest BCUT2D eigenvalue weighted by Gasteiger charge is 2.38. The summed E-state index contributed by atoms with van der Waals surface area (Å²) in [7, 11) is 0. The normalized spacial score (nSPS) is 16.7. The summed E-state index contributed by atoms with van der Waals surface area (Å²) in [5.74, 6) is -0.356. The number of nitrogens with zero attached hydrogens (tertiary/aromatic N) is 1. The van der Waals surface area contributed by atoms with Crippen molar-refractivity contribution in [3.63, 3.8) is 0 Å². The molecule has 0 bridgehead atoms. The molecule has 25 heavy (non-hydrogen) atoms. The van der Waals surface area contributed by atoms with Crippen LogP contribution in [0.5, 0.6) is 0 Å². The Labute approximate surface area is 145 Å². The van der Waals surface area contributed by atoms with E-state index in [1.807, 2.05) is 42.5 Å². The van der Waals surface area contributed by atoms with Crippen LogP contribution < -0.4 is 10.6 Å². The van der Waals surface area contributed by atoms with Gasteiger partial charge in [0.15, 0.2) is 0 Å². The topological polar surface area (TPSA) is 78.5 Å². The standard InChI is InChI=1S/C19H19N3O3/c1-13(23)20-16-9-7-14(8-10-16)11-12-22-18(24)17(21-19(22)25)15-5-3-2-4-6-15/h2-10,17H,11-12H2,1H3,(H,20,23)(H,21,25)/t17-/m1/s1. The number of benzene rings is 2. The largest absolute Gasteiger partial charge is 0.326 e. The minimum absolute atomic E-state index is 0.126. The second kappa shape index (κ2) is 7.17. The first-order valence-corrected chi connectivity index (χ1v) is 8.08. The van der Waals surface area contributed by atoms with E-state index in [1.54, 1.807) is 12.1 Å². The average Bonchev–Trinajstić information content (AvgIpc) is 2.89. The Morgan fingerprint density at radius 2 is 1.76 bits per heavy atom. The van der Waals surface area contributed by atoms with Gasteiger partial charge >= 0.3 is 6.03 Å². The third kappa shape index (κ3) is 3.85. The lowest BCUT2D eigenvalue weighted by atomic mass is 10.1. The smallest absolute Gasteiger partial charge is 0.325 e. The van der Waals surface area contributed by atoms with E-state index in [9.17, 15) is 14.4 Å². The SMILES string of the molecule is CC(=O)Nc1ccc(CCN2C(=O)N[C@H](c3ccccc3)C2=O)cc1. The quantitative estimate of drug-likeness (QED) is 0.823. The maximum Gasteiger partial charge on any atom is 0.325 e. The summed E-state index contributed by atoms with van der Waals surface area (Å²) in [6, 6.07) is 15.6. The number of hydrogen-bond acceptors (Lipinski definition) is 3. The van der Waals surface area contributed by atoms with Crippen molar-refractivity contribution in [2.75, 3.05) is 11.9 Å². The maximum absolute atomic E-state index is 12.5. The van der Waals surface area contributed by atoms with E-state index in [0.29, 0.717) is 13.0 Å². The van der Waals surface area contributed by atoms with Crippen LogP contribution in [0.1, 0.15) is 24.1 Å². The molecule has 0 radical (unpaired) electrons. The van der Waals surface area contributed by atoms with Gasteiger partial charge in [0.2, 0.25) is 5.91 Å². The minimum Gasteiger partial charge on any atom is -0.326 e. The summed E-state index contributed by atoms with van der Waals surface area (Å²) < 4.78 is 0. The maximum atomic E-state index is 12.5. The van der Waals surface area contributed by atoms with Crippen molar-refractivity contribution in [1.82, 2.24) is 10.2 Å². The van der Waals surface area contributed by atoms with Crippen LogP contribution >= 0.6 is 0 Å². The fourth-order valence-corrected chi connectivity index (χ4v) is 2.80. The first-order valence-electron chi connectivity index (χ1n) is 8.08. The summed E-state index contributed by atoms with van der Waals surface area (Å²) in [5, 5.41) is 5.43. The van der Waals surface area contributed by atoms with Crippen molar-refractivity contribution >= 4 is 23.5 Å². The predicted molar refractivity (Wildman–Crippen MR) is 93.9 cm³/mol. The molecule has 4 amide bonds. The van der Waals surface area contributed by atoms with Gasteiger partial charge in [0.1, 0.15) is 6.04 Å². The number of carbonyl (C=O) groups excluding carboxylic acids is 3. The molecule has 0 unspecified atom stereocenters. The van der Waals surface area contributed by atoms with Crippen LogP contribution in [0, 0.1) is 0 Å². The van der Waals surface area contributed by atoms with Gasteiger partial charge in [-0.3, -0.25) is 14.5 Å². The van der Waals surface area contributed by atoms with E-state index < -0.39 is 6.04 Å². The van der Waals surface area contributed by atoms with Crippen molar-refractivity contribution in [2.24, 2.45) is 0 Å². The molecule has 0 spiro atoms. The summed E-state index contributed by atoms with van der Waals surface area (Å²) in [4.78, 5) is 36.9. The van der Waals surface area contributed by atoms with Crippen LogP contribution in [0.25, 0.3) is 0 Å².